The van der Waals surface area contributed by atoms with Crippen LogP contribution in [0.1, 0.15) is 43.4 Å². The van der Waals surface area contributed by atoms with Crippen molar-refractivity contribution < 1.29 is 18.0 Å². The number of carbonyl (C=O) groups excluding carboxylic acids is 2. The van der Waals surface area contributed by atoms with Crippen LogP contribution in [0.5, 0.6) is 0 Å². The summed E-state index contributed by atoms with van der Waals surface area (Å²) in [6.07, 6.45) is 1.74. The lowest BCUT2D eigenvalue weighted by Gasteiger charge is -2.32. The lowest BCUT2D eigenvalue weighted by molar-refractivity contribution is -0.139. The normalized spacial score (nSPS) is 12.0. The molecule has 0 aliphatic heterocycles. The molecule has 0 spiro atoms. The molecule has 1 N–H and O–H groups in total. The highest BCUT2D eigenvalue weighted by Crippen LogP contribution is 2.27. The maximum Gasteiger partial charge on any atom is 0.264 e. The van der Waals surface area contributed by atoms with Crippen molar-refractivity contribution in [3.8, 4) is 0 Å². The van der Waals surface area contributed by atoms with E-state index < -0.39 is 28.5 Å². The fourth-order valence-electron chi connectivity index (χ4n) is 4.12. The molecule has 2 amide bonds. The Hall–Kier alpha value is -3.36. The Kier molecular flexibility index (Phi) is 10.5. The van der Waals surface area contributed by atoms with Gasteiger partial charge in [0, 0.05) is 18.1 Å². The Morgan fingerprint density at radius 2 is 1.64 bits per heavy atom. The molecule has 0 heterocycles. The Labute approximate surface area is 236 Å². The van der Waals surface area contributed by atoms with Crippen LogP contribution in [0.3, 0.4) is 0 Å². The molecule has 9 heteroatoms. The summed E-state index contributed by atoms with van der Waals surface area (Å²) in [5.74, 6) is -0.800. The van der Waals surface area contributed by atoms with Gasteiger partial charge in [-0.25, -0.2) is 8.42 Å². The van der Waals surface area contributed by atoms with Crippen LogP contribution in [0.25, 0.3) is 0 Å². The lowest BCUT2D eigenvalue weighted by atomic mass is 10.1. The Bertz CT molecular complexity index is 1390. The molecule has 3 rings (SSSR count). The second-order valence-corrected chi connectivity index (χ2v) is 11.9. The van der Waals surface area contributed by atoms with Crippen molar-refractivity contribution in [3.63, 3.8) is 0 Å². The Morgan fingerprint density at radius 1 is 0.949 bits per heavy atom. The summed E-state index contributed by atoms with van der Waals surface area (Å²) in [6.45, 7) is 7.65. The first-order chi connectivity index (χ1) is 18.5. The van der Waals surface area contributed by atoms with Gasteiger partial charge in [0.1, 0.15) is 12.6 Å². The number of aryl methyl sites for hydroxylation is 2. The number of carbonyl (C=O) groups is 2. The van der Waals surface area contributed by atoms with Gasteiger partial charge in [-0.2, -0.15) is 0 Å². The first-order valence-corrected chi connectivity index (χ1v) is 14.8. The third kappa shape index (κ3) is 8.07. The number of amides is 2. The van der Waals surface area contributed by atoms with Gasteiger partial charge in [-0.1, -0.05) is 78.5 Å². The van der Waals surface area contributed by atoms with Gasteiger partial charge in [0.15, 0.2) is 0 Å². The second-order valence-electron chi connectivity index (χ2n) is 9.64. The zero-order chi connectivity index (χ0) is 28.6. The minimum Gasteiger partial charge on any atom is -0.354 e. The topological polar surface area (TPSA) is 86.8 Å². The zero-order valence-corrected chi connectivity index (χ0v) is 24.4. The highest BCUT2D eigenvalue weighted by molar-refractivity contribution is 7.92. The molecule has 0 saturated carbocycles. The summed E-state index contributed by atoms with van der Waals surface area (Å²) in [6, 6.07) is 19.7. The molecule has 0 aliphatic carbocycles. The van der Waals surface area contributed by atoms with E-state index in [0.717, 1.165) is 33.8 Å². The monoisotopic (exact) mass is 569 g/mol. The van der Waals surface area contributed by atoms with Gasteiger partial charge >= 0.3 is 0 Å². The van der Waals surface area contributed by atoms with Gasteiger partial charge < -0.3 is 10.2 Å². The van der Waals surface area contributed by atoms with Crippen molar-refractivity contribution >= 4 is 39.1 Å². The standard InChI is InChI=1S/C30H36ClN3O4S/c1-5-6-17-32-30(36)24(4)33(20-25-10-7-9-23(3)18-25)29(35)21-34(27-12-8-11-26(31)19-27)39(37,38)28-15-13-22(2)14-16-28/h7-16,18-19,24H,5-6,17,20-21H2,1-4H3,(H,32,36)/t24-/m0/s1. The van der Waals surface area contributed by atoms with E-state index in [1.165, 1.54) is 23.1 Å². The van der Waals surface area contributed by atoms with Crippen molar-refractivity contribution in [2.75, 3.05) is 17.4 Å². The molecule has 3 aromatic carbocycles. The number of sulfonamides is 1. The van der Waals surface area contributed by atoms with Crippen molar-refractivity contribution in [1.82, 2.24) is 10.2 Å². The molecule has 0 aromatic heterocycles. The van der Waals surface area contributed by atoms with Gasteiger partial charge in [-0.15, -0.1) is 0 Å². The van der Waals surface area contributed by atoms with Crippen LogP contribution in [-0.2, 0) is 26.2 Å². The summed E-state index contributed by atoms with van der Waals surface area (Å²) in [5, 5.41) is 3.22. The molecule has 0 saturated heterocycles. The van der Waals surface area contributed by atoms with Gasteiger partial charge in [-0.3, -0.25) is 13.9 Å². The average molecular weight is 570 g/mol. The molecule has 1 atom stereocenters. The lowest BCUT2D eigenvalue weighted by Crippen LogP contribution is -2.51. The van der Waals surface area contributed by atoms with Crippen LogP contribution in [0.2, 0.25) is 5.02 Å². The molecule has 0 aliphatic rings. The van der Waals surface area contributed by atoms with E-state index in [4.69, 9.17) is 11.6 Å². The number of hydrogen-bond donors (Lipinski definition) is 1. The number of benzene rings is 3. The van der Waals surface area contributed by atoms with Crippen LogP contribution in [0, 0.1) is 13.8 Å². The largest absolute Gasteiger partial charge is 0.354 e. The summed E-state index contributed by atoms with van der Waals surface area (Å²) in [4.78, 5) is 28.4. The third-order valence-electron chi connectivity index (χ3n) is 6.42. The number of unbranched alkanes of at least 4 members (excludes halogenated alkanes) is 1. The van der Waals surface area contributed by atoms with Crippen LogP contribution < -0.4 is 9.62 Å². The summed E-state index contributed by atoms with van der Waals surface area (Å²) in [5.41, 5.74) is 3.02. The summed E-state index contributed by atoms with van der Waals surface area (Å²) < 4.78 is 28.7. The van der Waals surface area contributed by atoms with E-state index in [2.05, 4.69) is 5.32 Å². The van der Waals surface area contributed by atoms with E-state index in [-0.39, 0.29) is 23.0 Å². The molecule has 0 unspecified atom stereocenters. The van der Waals surface area contributed by atoms with Crippen molar-refractivity contribution in [3.05, 3.63) is 94.5 Å². The quantitative estimate of drug-likeness (QED) is 0.292. The molecule has 7 nitrogen and oxygen atoms in total. The molecular weight excluding hydrogens is 534 g/mol. The predicted octanol–water partition coefficient (Wildman–Crippen LogP) is 5.49. The zero-order valence-electron chi connectivity index (χ0n) is 22.9. The number of hydrogen-bond acceptors (Lipinski definition) is 4. The maximum atomic E-state index is 13.9. The number of nitrogens with one attached hydrogen (secondary N) is 1. The predicted molar refractivity (Wildman–Crippen MR) is 156 cm³/mol. The third-order valence-corrected chi connectivity index (χ3v) is 8.44. The first kappa shape index (κ1) is 30.2. The first-order valence-electron chi connectivity index (χ1n) is 13.0. The average Bonchev–Trinajstić information content (AvgIpc) is 2.90. The van der Waals surface area contributed by atoms with Gasteiger partial charge in [0.2, 0.25) is 11.8 Å². The van der Waals surface area contributed by atoms with Gasteiger partial charge in [0.25, 0.3) is 10.0 Å². The Balaban J connectivity index is 2.00. The molecule has 0 fully saturated rings. The van der Waals surface area contributed by atoms with Crippen LogP contribution in [0.15, 0.2) is 77.7 Å². The molecule has 3 aromatic rings. The number of rotatable bonds is 12. The van der Waals surface area contributed by atoms with Crippen LogP contribution >= 0.6 is 11.6 Å². The highest BCUT2D eigenvalue weighted by atomic mass is 35.5. The SMILES string of the molecule is CCCCNC(=O)[C@H](C)N(Cc1cccc(C)c1)C(=O)CN(c1cccc(Cl)c1)S(=O)(=O)c1ccc(C)cc1. The Morgan fingerprint density at radius 3 is 2.28 bits per heavy atom. The van der Waals surface area contributed by atoms with Gasteiger partial charge in [0.05, 0.1) is 10.6 Å². The molecule has 0 bridgehead atoms. The minimum absolute atomic E-state index is 0.0523. The summed E-state index contributed by atoms with van der Waals surface area (Å²) >= 11 is 6.21. The fraction of sp³-hybridized carbons (Fsp3) is 0.333. The number of halogens is 1. The van der Waals surface area contributed by atoms with Crippen LogP contribution in [0.4, 0.5) is 5.69 Å². The maximum absolute atomic E-state index is 13.9. The van der Waals surface area contributed by atoms with E-state index in [1.807, 2.05) is 45.0 Å². The van der Waals surface area contributed by atoms with Crippen molar-refractivity contribution in [1.29, 1.82) is 0 Å². The van der Waals surface area contributed by atoms with E-state index in [1.54, 1.807) is 37.3 Å². The summed E-state index contributed by atoms with van der Waals surface area (Å²) in [7, 11) is -4.13. The van der Waals surface area contributed by atoms with Crippen molar-refractivity contribution in [2.45, 2.75) is 58.0 Å². The molecule has 0 radical (unpaired) electrons. The number of anilines is 1. The highest BCUT2D eigenvalue weighted by Gasteiger charge is 2.32. The van der Waals surface area contributed by atoms with Gasteiger partial charge in [-0.05, 0) is 63.1 Å². The van der Waals surface area contributed by atoms with E-state index in [9.17, 15) is 18.0 Å². The van der Waals surface area contributed by atoms with E-state index >= 15 is 0 Å². The molecular formula is C30H36ClN3O4S. The second kappa shape index (κ2) is 13.6. The minimum atomic E-state index is -4.13. The number of nitrogens with zero attached hydrogens (tertiary/aromatic N) is 2. The molecule has 39 heavy (non-hydrogen) atoms. The fourth-order valence-corrected chi connectivity index (χ4v) is 5.71. The van der Waals surface area contributed by atoms with E-state index in [0.29, 0.717) is 11.6 Å². The molecule has 208 valence electrons. The smallest absolute Gasteiger partial charge is 0.264 e. The van der Waals surface area contributed by atoms with Crippen molar-refractivity contribution in [2.24, 2.45) is 0 Å². The van der Waals surface area contributed by atoms with Crippen LogP contribution in [-0.4, -0.2) is 44.3 Å².